The number of rotatable bonds is 8. The van der Waals surface area contributed by atoms with Crippen LogP contribution in [-0.4, -0.2) is 39.3 Å². The van der Waals surface area contributed by atoms with E-state index in [-0.39, 0.29) is 17.6 Å². The first-order valence-corrected chi connectivity index (χ1v) is 11.1. The summed E-state index contributed by atoms with van der Waals surface area (Å²) >= 11 is 0. The fourth-order valence-corrected chi connectivity index (χ4v) is 4.03. The number of fused-ring (bicyclic) bond motifs is 3. The van der Waals surface area contributed by atoms with Crippen LogP contribution in [-0.2, 0) is 24.1 Å². The summed E-state index contributed by atoms with van der Waals surface area (Å²) in [6, 6.07) is 7.41. The molecule has 3 aromatic rings. The van der Waals surface area contributed by atoms with Crippen LogP contribution in [0.4, 0.5) is 0 Å². The summed E-state index contributed by atoms with van der Waals surface area (Å²) in [7, 11) is 0. The Morgan fingerprint density at radius 2 is 1.94 bits per heavy atom. The van der Waals surface area contributed by atoms with Crippen molar-refractivity contribution in [3.8, 4) is 0 Å². The highest BCUT2D eigenvalue weighted by Crippen LogP contribution is 2.22. The SMILES string of the molecule is CC(C)OCCCNC(=O)c1ccc(Cn2ccn3nc4c(c3c2=O)CCCC4)cc1. The zero-order valence-corrected chi connectivity index (χ0v) is 18.3. The summed E-state index contributed by atoms with van der Waals surface area (Å²) in [5.74, 6) is -0.0967. The maximum Gasteiger partial charge on any atom is 0.277 e. The third-order valence-corrected chi connectivity index (χ3v) is 5.66. The van der Waals surface area contributed by atoms with Crippen molar-refractivity contribution >= 4 is 11.4 Å². The highest BCUT2D eigenvalue weighted by atomic mass is 16.5. The van der Waals surface area contributed by atoms with Gasteiger partial charge in [0.05, 0.1) is 18.3 Å². The lowest BCUT2D eigenvalue weighted by atomic mass is 9.97. The topological polar surface area (TPSA) is 77.6 Å². The van der Waals surface area contributed by atoms with E-state index in [0.717, 1.165) is 48.9 Å². The van der Waals surface area contributed by atoms with E-state index in [1.807, 2.05) is 32.2 Å². The molecule has 0 fully saturated rings. The first-order valence-electron chi connectivity index (χ1n) is 11.1. The lowest BCUT2D eigenvalue weighted by Gasteiger charge is -2.10. The van der Waals surface area contributed by atoms with Crippen LogP contribution in [0.2, 0.25) is 0 Å². The fraction of sp³-hybridized carbons (Fsp3) is 0.458. The normalized spacial score (nSPS) is 13.5. The smallest absolute Gasteiger partial charge is 0.277 e. The molecule has 164 valence electrons. The van der Waals surface area contributed by atoms with Gasteiger partial charge >= 0.3 is 0 Å². The molecule has 0 unspecified atom stereocenters. The van der Waals surface area contributed by atoms with Crippen molar-refractivity contribution < 1.29 is 9.53 Å². The van der Waals surface area contributed by atoms with Gasteiger partial charge in [0.1, 0.15) is 5.52 Å². The van der Waals surface area contributed by atoms with Crippen LogP contribution in [0.15, 0.2) is 41.5 Å². The van der Waals surface area contributed by atoms with E-state index >= 15 is 0 Å². The fourth-order valence-electron chi connectivity index (χ4n) is 4.03. The first-order chi connectivity index (χ1) is 15.0. The van der Waals surface area contributed by atoms with Crippen LogP contribution in [0, 0.1) is 0 Å². The molecule has 7 nitrogen and oxygen atoms in total. The van der Waals surface area contributed by atoms with E-state index in [9.17, 15) is 9.59 Å². The van der Waals surface area contributed by atoms with Crippen molar-refractivity contribution in [2.75, 3.05) is 13.2 Å². The van der Waals surface area contributed by atoms with Gasteiger partial charge in [0.15, 0.2) is 0 Å². The van der Waals surface area contributed by atoms with Crippen LogP contribution in [0.5, 0.6) is 0 Å². The molecule has 2 aromatic heterocycles. The molecule has 1 N–H and O–H groups in total. The lowest BCUT2D eigenvalue weighted by molar-refractivity contribution is 0.0757. The number of hydrogen-bond donors (Lipinski definition) is 1. The molecule has 0 aliphatic heterocycles. The van der Waals surface area contributed by atoms with E-state index in [4.69, 9.17) is 4.74 Å². The second kappa shape index (κ2) is 9.47. The molecule has 4 rings (SSSR count). The number of amides is 1. The van der Waals surface area contributed by atoms with E-state index in [1.165, 1.54) is 0 Å². The Morgan fingerprint density at radius 1 is 1.16 bits per heavy atom. The van der Waals surface area contributed by atoms with Gasteiger partial charge < -0.3 is 14.6 Å². The maximum absolute atomic E-state index is 13.1. The molecular formula is C24H30N4O3. The monoisotopic (exact) mass is 422 g/mol. The van der Waals surface area contributed by atoms with Crippen molar-refractivity contribution in [2.45, 2.75) is 58.6 Å². The van der Waals surface area contributed by atoms with Gasteiger partial charge in [0, 0.05) is 36.7 Å². The standard InChI is InChI=1S/C24H30N4O3/c1-17(2)31-15-5-12-25-23(29)19-10-8-18(9-11-19)16-27-13-14-28-22(24(27)30)20-6-3-4-7-21(20)26-28/h8-11,13-14,17H,3-7,12,15-16H2,1-2H3,(H,25,29). The van der Waals surface area contributed by atoms with E-state index in [1.54, 1.807) is 27.4 Å². The van der Waals surface area contributed by atoms with Crippen LogP contribution in [0.3, 0.4) is 0 Å². The van der Waals surface area contributed by atoms with Gasteiger partial charge in [-0.25, -0.2) is 4.52 Å². The van der Waals surface area contributed by atoms with Crippen LogP contribution in [0.1, 0.15) is 60.3 Å². The number of benzene rings is 1. The van der Waals surface area contributed by atoms with E-state index < -0.39 is 0 Å². The Hall–Kier alpha value is -2.93. The van der Waals surface area contributed by atoms with Crippen LogP contribution < -0.4 is 10.9 Å². The highest BCUT2D eigenvalue weighted by Gasteiger charge is 2.19. The summed E-state index contributed by atoms with van der Waals surface area (Å²) in [5.41, 5.74) is 4.45. The molecule has 0 atom stereocenters. The number of aromatic nitrogens is 3. The van der Waals surface area contributed by atoms with E-state index in [2.05, 4.69) is 10.4 Å². The summed E-state index contributed by atoms with van der Waals surface area (Å²) in [6.45, 7) is 5.67. The van der Waals surface area contributed by atoms with Crippen molar-refractivity contribution in [3.05, 3.63) is 69.4 Å². The number of carbonyl (C=O) groups is 1. The summed E-state index contributed by atoms with van der Waals surface area (Å²) in [4.78, 5) is 25.4. The van der Waals surface area contributed by atoms with Gasteiger partial charge in [0.2, 0.25) is 0 Å². The number of ether oxygens (including phenoxy) is 1. The molecule has 0 radical (unpaired) electrons. The van der Waals surface area contributed by atoms with Gasteiger partial charge in [-0.2, -0.15) is 5.10 Å². The summed E-state index contributed by atoms with van der Waals surface area (Å²) < 4.78 is 8.93. The highest BCUT2D eigenvalue weighted by molar-refractivity contribution is 5.94. The minimum atomic E-state index is -0.0967. The second-order valence-electron chi connectivity index (χ2n) is 8.38. The van der Waals surface area contributed by atoms with Gasteiger partial charge in [0.25, 0.3) is 11.5 Å². The molecule has 1 aliphatic carbocycles. The number of nitrogens with one attached hydrogen (secondary N) is 1. The molecule has 0 saturated carbocycles. The molecular weight excluding hydrogens is 392 g/mol. The zero-order chi connectivity index (χ0) is 21.8. The molecule has 0 saturated heterocycles. The first kappa shape index (κ1) is 21.3. The van der Waals surface area contributed by atoms with E-state index in [0.29, 0.717) is 30.8 Å². The van der Waals surface area contributed by atoms with Crippen molar-refractivity contribution in [1.29, 1.82) is 0 Å². The van der Waals surface area contributed by atoms with Gasteiger partial charge in [-0.05, 0) is 63.6 Å². The Balaban J connectivity index is 1.41. The van der Waals surface area contributed by atoms with Crippen molar-refractivity contribution in [2.24, 2.45) is 0 Å². The van der Waals surface area contributed by atoms with Gasteiger partial charge in [-0.1, -0.05) is 12.1 Å². The largest absolute Gasteiger partial charge is 0.379 e. The number of carbonyl (C=O) groups excluding carboxylic acids is 1. The van der Waals surface area contributed by atoms with Gasteiger partial charge in [-0.15, -0.1) is 0 Å². The summed E-state index contributed by atoms with van der Waals surface area (Å²) in [5, 5.41) is 7.50. The number of aryl methyl sites for hydroxylation is 2. The number of nitrogens with zero attached hydrogens (tertiary/aromatic N) is 3. The minimum Gasteiger partial charge on any atom is -0.379 e. The predicted molar refractivity (Wildman–Crippen MR) is 120 cm³/mol. The summed E-state index contributed by atoms with van der Waals surface area (Å²) in [6.07, 6.45) is 8.75. The molecule has 1 aromatic carbocycles. The van der Waals surface area contributed by atoms with Crippen LogP contribution >= 0.6 is 0 Å². The average Bonchev–Trinajstić information content (AvgIpc) is 3.15. The predicted octanol–water partition coefficient (Wildman–Crippen LogP) is 2.97. The molecule has 1 aliphatic rings. The zero-order valence-electron chi connectivity index (χ0n) is 18.3. The third-order valence-electron chi connectivity index (χ3n) is 5.66. The van der Waals surface area contributed by atoms with Crippen LogP contribution in [0.25, 0.3) is 5.52 Å². The molecule has 7 heteroatoms. The van der Waals surface area contributed by atoms with Crippen molar-refractivity contribution in [1.82, 2.24) is 19.5 Å². The minimum absolute atomic E-state index is 0.0106. The Kier molecular flexibility index (Phi) is 6.51. The maximum atomic E-state index is 13.1. The van der Waals surface area contributed by atoms with Gasteiger partial charge in [-0.3, -0.25) is 9.59 Å². The second-order valence-corrected chi connectivity index (χ2v) is 8.38. The Labute approximate surface area is 182 Å². The molecule has 2 heterocycles. The quantitative estimate of drug-likeness (QED) is 0.566. The Morgan fingerprint density at radius 3 is 2.71 bits per heavy atom. The van der Waals surface area contributed by atoms with Crippen molar-refractivity contribution in [3.63, 3.8) is 0 Å². The third kappa shape index (κ3) is 4.88. The molecule has 31 heavy (non-hydrogen) atoms. The molecule has 0 spiro atoms. The Bertz CT molecular complexity index is 1110. The lowest BCUT2D eigenvalue weighted by Crippen LogP contribution is -2.25. The molecule has 1 amide bonds. The number of hydrogen-bond acceptors (Lipinski definition) is 4. The molecule has 0 bridgehead atoms. The average molecular weight is 423 g/mol.